The normalized spacial score (nSPS) is 9.93. The molecule has 0 N–H and O–H groups in total. The molecule has 0 fully saturated rings. The van der Waals surface area contributed by atoms with Crippen molar-refractivity contribution in [2.75, 3.05) is 0 Å². The number of hydrogen-bond acceptors (Lipinski definition) is 3. The number of pyridine rings is 1. The van der Waals surface area contributed by atoms with Crippen molar-refractivity contribution in [3.05, 3.63) is 36.0 Å². The zero-order valence-corrected chi connectivity index (χ0v) is 8.60. The van der Waals surface area contributed by atoms with E-state index < -0.39 is 0 Å². The average Bonchev–Trinajstić information content (AvgIpc) is 2.56. The van der Waals surface area contributed by atoms with Gasteiger partial charge in [0.1, 0.15) is 23.3 Å². The first-order valence-corrected chi connectivity index (χ1v) is 4.58. The molecule has 2 aromatic heterocycles. The number of hydrogen-bond donors (Lipinski definition) is 0. The van der Waals surface area contributed by atoms with E-state index in [-0.39, 0.29) is 0 Å². The van der Waals surface area contributed by atoms with Crippen LogP contribution in [0.4, 0.5) is 0 Å². The summed E-state index contributed by atoms with van der Waals surface area (Å²) in [4.78, 5) is 8.30. The van der Waals surface area contributed by atoms with E-state index in [0.717, 1.165) is 17.1 Å². The molecule has 0 saturated carbocycles. The molecular formula is C11H10N4. The lowest BCUT2D eigenvalue weighted by Gasteiger charge is -1.97. The molecule has 0 atom stereocenters. The van der Waals surface area contributed by atoms with Crippen LogP contribution in [0.25, 0.3) is 11.3 Å². The van der Waals surface area contributed by atoms with E-state index in [9.17, 15) is 0 Å². The SMILES string of the molecule is Cc1nc(-c2ccncc2)c(C#N)n1C. The number of aryl methyl sites for hydroxylation is 1. The fourth-order valence-electron chi connectivity index (χ4n) is 1.45. The van der Waals surface area contributed by atoms with Crippen molar-refractivity contribution in [2.24, 2.45) is 7.05 Å². The second-order valence-electron chi connectivity index (χ2n) is 3.26. The molecule has 74 valence electrons. The molecule has 0 spiro atoms. The summed E-state index contributed by atoms with van der Waals surface area (Å²) in [6.45, 7) is 1.88. The van der Waals surface area contributed by atoms with Crippen LogP contribution in [-0.2, 0) is 7.05 Å². The number of nitriles is 1. The third kappa shape index (κ3) is 1.48. The van der Waals surface area contributed by atoms with Gasteiger partial charge in [-0.15, -0.1) is 0 Å². The average molecular weight is 198 g/mol. The summed E-state index contributed by atoms with van der Waals surface area (Å²) < 4.78 is 1.79. The molecule has 4 heteroatoms. The summed E-state index contributed by atoms with van der Waals surface area (Å²) in [5.74, 6) is 0.832. The molecule has 0 unspecified atom stereocenters. The van der Waals surface area contributed by atoms with Gasteiger partial charge in [0, 0.05) is 25.0 Å². The molecule has 2 aromatic rings. The van der Waals surface area contributed by atoms with Crippen LogP contribution in [0.1, 0.15) is 11.5 Å². The van der Waals surface area contributed by atoms with Crippen LogP contribution in [0.5, 0.6) is 0 Å². The molecule has 2 rings (SSSR count). The van der Waals surface area contributed by atoms with Crippen LogP contribution in [0.2, 0.25) is 0 Å². The summed E-state index contributed by atoms with van der Waals surface area (Å²) in [5.41, 5.74) is 2.23. The Labute approximate surface area is 87.8 Å². The minimum Gasteiger partial charge on any atom is -0.323 e. The molecule has 0 aliphatic heterocycles. The fraction of sp³-hybridized carbons (Fsp3) is 0.182. The van der Waals surface area contributed by atoms with Gasteiger partial charge in [-0.1, -0.05) is 0 Å². The summed E-state index contributed by atoms with van der Waals surface area (Å²) in [6, 6.07) is 5.86. The Morgan fingerprint density at radius 3 is 2.60 bits per heavy atom. The van der Waals surface area contributed by atoms with E-state index >= 15 is 0 Å². The fourth-order valence-corrected chi connectivity index (χ4v) is 1.45. The first kappa shape index (κ1) is 9.41. The smallest absolute Gasteiger partial charge is 0.147 e. The van der Waals surface area contributed by atoms with Gasteiger partial charge in [0.25, 0.3) is 0 Å². The number of imidazole rings is 1. The molecule has 0 aliphatic carbocycles. The lowest BCUT2D eigenvalue weighted by atomic mass is 10.2. The third-order valence-electron chi connectivity index (χ3n) is 2.38. The highest BCUT2D eigenvalue weighted by Crippen LogP contribution is 2.21. The Bertz CT molecular complexity index is 520. The Hall–Kier alpha value is -2.15. The second-order valence-corrected chi connectivity index (χ2v) is 3.26. The van der Waals surface area contributed by atoms with Crippen molar-refractivity contribution < 1.29 is 0 Å². The highest BCUT2D eigenvalue weighted by Gasteiger charge is 2.12. The summed E-state index contributed by atoms with van der Waals surface area (Å²) in [6.07, 6.45) is 3.39. The van der Waals surface area contributed by atoms with Crippen LogP contribution in [0.15, 0.2) is 24.5 Å². The minimum atomic E-state index is 0.582. The molecule has 0 bridgehead atoms. The molecule has 0 aromatic carbocycles. The Morgan fingerprint density at radius 2 is 2.00 bits per heavy atom. The molecule has 2 heterocycles. The standard InChI is InChI=1S/C11H10N4/c1-8-14-11(10(7-12)15(8)2)9-3-5-13-6-4-9/h3-6H,1-2H3. The van der Waals surface area contributed by atoms with Crippen molar-refractivity contribution in [3.63, 3.8) is 0 Å². The van der Waals surface area contributed by atoms with Crippen molar-refractivity contribution in [1.29, 1.82) is 5.26 Å². The van der Waals surface area contributed by atoms with Gasteiger partial charge in [0.05, 0.1) is 0 Å². The maximum absolute atomic E-state index is 9.05. The van der Waals surface area contributed by atoms with Crippen molar-refractivity contribution in [1.82, 2.24) is 14.5 Å². The Morgan fingerprint density at radius 1 is 1.33 bits per heavy atom. The van der Waals surface area contributed by atoms with Crippen LogP contribution in [-0.4, -0.2) is 14.5 Å². The van der Waals surface area contributed by atoms with Crippen molar-refractivity contribution in [3.8, 4) is 17.3 Å². The molecule has 0 radical (unpaired) electrons. The predicted octanol–water partition coefficient (Wildman–Crippen LogP) is 1.66. The Kier molecular flexibility index (Phi) is 2.22. The third-order valence-corrected chi connectivity index (χ3v) is 2.38. The molecule has 15 heavy (non-hydrogen) atoms. The molecular weight excluding hydrogens is 188 g/mol. The van der Waals surface area contributed by atoms with Gasteiger partial charge >= 0.3 is 0 Å². The highest BCUT2D eigenvalue weighted by molar-refractivity contribution is 5.64. The number of nitrogens with zero attached hydrogens (tertiary/aromatic N) is 4. The molecule has 0 aliphatic rings. The number of rotatable bonds is 1. The van der Waals surface area contributed by atoms with E-state index in [1.807, 2.05) is 26.1 Å². The second kappa shape index (κ2) is 3.54. The maximum Gasteiger partial charge on any atom is 0.147 e. The van der Waals surface area contributed by atoms with E-state index in [4.69, 9.17) is 5.26 Å². The topological polar surface area (TPSA) is 54.5 Å². The zero-order valence-electron chi connectivity index (χ0n) is 8.60. The van der Waals surface area contributed by atoms with Crippen LogP contribution >= 0.6 is 0 Å². The number of aromatic nitrogens is 3. The zero-order chi connectivity index (χ0) is 10.8. The van der Waals surface area contributed by atoms with Crippen LogP contribution < -0.4 is 0 Å². The molecule has 0 saturated heterocycles. The molecule has 0 amide bonds. The largest absolute Gasteiger partial charge is 0.323 e. The van der Waals surface area contributed by atoms with Crippen LogP contribution in [0, 0.1) is 18.3 Å². The van der Waals surface area contributed by atoms with E-state index in [1.165, 1.54) is 0 Å². The van der Waals surface area contributed by atoms with Gasteiger partial charge in [0.15, 0.2) is 0 Å². The minimum absolute atomic E-state index is 0.582. The molecule has 4 nitrogen and oxygen atoms in total. The summed E-state index contributed by atoms with van der Waals surface area (Å²) >= 11 is 0. The lowest BCUT2D eigenvalue weighted by Crippen LogP contribution is -1.94. The predicted molar refractivity (Wildman–Crippen MR) is 55.9 cm³/mol. The van der Waals surface area contributed by atoms with Gasteiger partial charge in [-0.2, -0.15) is 5.26 Å². The maximum atomic E-state index is 9.05. The van der Waals surface area contributed by atoms with Gasteiger partial charge in [-0.3, -0.25) is 4.98 Å². The van der Waals surface area contributed by atoms with Gasteiger partial charge in [-0.25, -0.2) is 4.98 Å². The highest BCUT2D eigenvalue weighted by atomic mass is 15.1. The summed E-state index contributed by atoms with van der Waals surface area (Å²) in [7, 11) is 1.84. The quantitative estimate of drug-likeness (QED) is 0.700. The first-order valence-electron chi connectivity index (χ1n) is 4.58. The first-order chi connectivity index (χ1) is 7.24. The van der Waals surface area contributed by atoms with Gasteiger partial charge in [0.2, 0.25) is 0 Å². The lowest BCUT2D eigenvalue weighted by molar-refractivity contribution is 0.845. The van der Waals surface area contributed by atoms with Crippen molar-refractivity contribution in [2.45, 2.75) is 6.92 Å². The van der Waals surface area contributed by atoms with Crippen LogP contribution in [0.3, 0.4) is 0 Å². The van der Waals surface area contributed by atoms with Gasteiger partial charge in [-0.05, 0) is 19.1 Å². The van der Waals surface area contributed by atoms with E-state index in [0.29, 0.717) is 5.69 Å². The van der Waals surface area contributed by atoms with Crippen molar-refractivity contribution >= 4 is 0 Å². The van der Waals surface area contributed by atoms with E-state index in [2.05, 4.69) is 16.0 Å². The van der Waals surface area contributed by atoms with E-state index in [1.54, 1.807) is 17.0 Å². The van der Waals surface area contributed by atoms with Gasteiger partial charge < -0.3 is 4.57 Å². The monoisotopic (exact) mass is 198 g/mol. The summed E-state index contributed by atoms with van der Waals surface area (Å²) in [5, 5.41) is 9.05. The Balaban J connectivity index is 2.65.